The second-order valence-corrected chi connectivity index (χ2v) is 10.9. The highest BCUT2D eigenvalue weighted by Gasteiger charge is 2.12. The molecule has 0 saturated carbocycles. The molecule has 0 atom stereocenters. The lowest BCUT2D eigenvalue weighted by molar-refractivity contribution is 1.07. The van der Waals surface area contributed by atoms with Gasteiger partial charge in [0.2, 0.25) is 0 Å². The van der Waals surface area contributed by atoms with Gasteiger partial charge in [-0.15, -0.1) is 0 Å². The summed E-state index contributed by atoms with van der Waals surface area (Å²) in [4.78, 5) is 0. The van der Waals surface area contributed by atoms with E-state index in [1.165, 1.54) is 23.6 Å². The predicted octanol–water partition coefficient (Wildman–Crippen LogP) is 4.13. The third-order valence-corrected chi connectivity index (χ3v) is 4.34. The van der Waals surface area contributed by atoms with Gasteiger partial charge in [-0.05, 0) is 24.0 Å². The van der Waals surface area contributed by atoms with Gasteiger partial charge in [0, 0.05) is 8.07 Å². The first-order valence-corrected chi connectivity index (χ1v) is 9.30. The van der Waals surface area contributed by atoms with Gasteiger partial charge in [-0.1, -0.05) is 56.9 Å². The van der Waals surface area contributed by atoms with E-state index < -0.39 is 8.07 Å². The summed E-state index contributed by atoms with van der Waals surface area (Å²) in [5.41, 5.74) is 2.95. The highest BCUT2D eigenvalue weighted by molar-refractivity contribution is 6.76. The molecule has 1 rings (SSSR count). The van der Waals surface area contributed by atoms with E-state index in [4.69, 9.17) is 0 Å². The molecule has 0 nitrogen and oxygen atoms in total. The number of benzene rings is 1. The molecule has 0 bridgehead atoms. The van der Waals surface area contributed by atoms with Crippen molar-refractivity contribution >= 4 is 8.07 Å². The van der Waals surface area contributed by atoms with E-state index in [0.29, 0.717) is 0 Å². The minimum atomic E-state index is -0.862. The fourth-order valence-electron chi connectivity index (χ4n) is 1.46. The van der Waals surface area contributed by atoms with Crippen LogP contribution in [-0.4, -0.2) is 8.07 Å². The molecule has 0 aliphatic heterocycles. The molecular weight excluding hydrogens is 184 g/mol. The fourth-order valence-corrected chi connectivity index (χ4v) is 2.50. The van der Waals surface area contributed by atoms with Crippen molar-refractivity contribution in [1.29, 1.82) is 0 Å². The Kier molecular flexibility index (Phi) is 3.94. The third-order valence-electron chi connectivity index (χ3n) is 2.59. The van der Waals surface area contributed by atoms with Crippen LogP contribution in [0.5, 0.6) is 0 Å². The van der Waals surface area contributed by atoms with Crippen molar-refractivity contribution in [1.82, 2.24) is 0 Å². The molecule has 14 heavy (non-hydrogen) atoms. The van der Waals surface area contributed by atoms with Crippen LogP contribution in [0.15, 0.2) is 24.3 Å². The van der Waals surface area contributed by atoms with Crippen molar-refractivity contribution in [2.75, 3.05) is 0 Å². The van der Waals surface area contributed by atoms with E-state index in [1.54, 1.807) is 0 Å². The summed E-state index contributed by atoms with van der Waals surface area (Å²) in [5.74, 6) is 0. The van der Waals surface area contributed by atoms with Gasteiger partial charge >= 0.3 is 0 Å². The van der Waals surface area contributed by atoms with Crippen molar-refractivity contribution in [2.45, 2.75) is 45.5 Å². The summed E-state index contributed by atoms with van der Waals surface area (Å²) in [6, 6.07) is 10.5. The molecule has 0 aliphatic carbocycles. The molecule has 0 unspecified atom stereocenters. The molecule has 0 fully saturated rings. The number of rotatable bonds is 4. The van der Waals surface area contributed by atoms with Gasteiger partial charge < -0.3 is 0 Å². The van der Waals surface area contributed by atoms with Gasteiger partial charge in [0.05, 0.1) is 0 Å². The standard InChI is InChI=1S/C13H22Si/c1-5-12-6-8-13(9-7-12)10-11-14(2,3)4/h6-9H,5,10-11H2,1-4H3. The maximum atomic E-state index is 2.44. The highest BCUT2D eigenvalue weighted by Crippen LogP contribution is 2.14. The Morgan fingerprint density at radius 2 is 1.43 bits per heavy atom. The first-order chi connectivity index (χ1) is 6.51. The van der Waals surface area contributed by atoms with Crippen LogP contribution in [0, 0.1) is 0 Å². The molecule has 0 amide bonds. The Balaban J connectivity index is 2.52. The SMILES string of the molecule is CCc1ccc(CC[Si](C)(C)C)cc1. The van der Waals surface area contributed by atoms with E-state index >= 15 is 0 Å². The van der Waals surface area contributed by atoms with E-state index in [0.717, 1.165) is 6.42 Å². The molecule has 0 N–H and O–H groups in total. The van der Waals surface area contributed by atoms with Crippen LogP contribution in [0.3, 0.4) is 0 Å². The first kappa shape index (κ1) is 11.5. The third kappa shape index (κ3) is 4.10. The normalized spacial score (nSPS) is 11.7. The summed E-state index contributed by atoms with van der Waals surface area (Å²) >= 11 is 0. The summed E-state index contributed by atoms with van der Waals surface area (Å²) in [7, 11) is -0.862. The van der Waals surface area contributed by atoms with E-state index in [2.05, 4.69) is 50.8 Å². The van der Waals surface area contributed by atoms with Crippen LogP contribution < -0.4 is 0 Å². The van der Waals surface area contributed by atoms with E-state index in [-0.39, 0.29) is 0 Å². The molecule has 0 aromatic heterocycles. The van der Waals surface area contributed by atoms with Crippen molar-refractivity contribution < 1.29 is 0 Å². The van der Waals surface area contributed by atoms with Crippen molar-refractivity contribution in [3.05, 3.63) is 35.4 Å². The molecule has 0 aliphatic rings. The number of hydrogen-bond acceptors (Lipinski definition) is 0. The Morgan fingerprint density at radius 1 is 0.929 bits per heavy atom. The summed E-state index contributed by atoms with van der Waals surface area (Å²) in [6.45, 7) is 9.52. The van der Waals surface area contributed by atoms with Gasteiger partial charge in [0.1, 0.15) is 0 Å². The Morgan fingerprint density at radius 3 is 1.86 bits per heavy atom. The molecule has 0 radical (unpaired) electrons. The first-order valence-electron chi connectivity index (χ1n) is 5.59. The largest absolute Gasteiger partial charge is 0.0695 e. The molecular formula is C13H22Si. The summed E-state index contributed by atoms with van der Waals surface area (Å²) in [5, 5.41) is 0. The minimum Gasteiger partial charge on any atom is -0.0695 e. The quantitative estimate of drug-likeness (QED) is 0.650. The van der Waals surface area contributed by atoms with Crippen molar-refractivity contribution in [3.8, 4) is 0 Å². The topological polar surface area (TPSA) is 0 Å². The molecule has 0 saturated heterocycles. The second kappa shape index (κ2) is 4.79. The highest BCUT2D eigenvalue weighted by atomic mass is 28.3. The second-order valence-electron chi connectivity index (χ2n) is 5.23. The maximum Gasteiger partial charge on any atom is 0.0445 e. The number of hydrogen-bond donors (Lipinski definition) is 0. The van der Waals surface area contributed by atoms with Crippen molar-refractivity contribution in [3.63, 3.8) is 0 Å². The molecule has 78 valence electrons. The lowest BCUT2D eigenvalue weighted by atomic mass is 10.1. The smallest absolute Gasteiger partial charge is 0.0445 e. The summed E-state index contributed by atoms with van der Waals surface area (Å²) < 4.78 is 0. The fraction of sp³-hybridized carbons (Fsp3) is 0.538. The zero-order valence-electron chi connectivity index (χ0n) is 9.93. The average molecular weight is 206 g/mol. The van der Waals surface area contributed by atoms with Gasteiger partial charge in [0.25, 0.3) is 0 Å². The Bertz CT molecular complexity index is 266. The predicted molar refractivity (Wildman–Crippen MR) is 67.7 cm³/mol. The minimum absolute atomic E-state index is 0.862. The lowest BCUT2D eigenvalue weighted by Crippen LogP contribution is -2.19. The number of aryl methyl sites for hydroxylation is 2. The van der Waals surface area contributed by atoms with Gasteiger partial charge in [-0.2, -0.15) is 0 Å². The maximum absolute atomic E-state index is 2.44. The van der Waals surface area contributed by atoms with E-state index in [1.807, 2.05) is 0 Å². The molecule has 0 heterocycles. The molecule has 1 heteroatoms. The van der Waals surface area contributed by atoms with Gasteiger partial charge in [-0.3, -0.25) is 0 Å². The van der Waals surface area contributed by atoms with Gasteiger partial charge in [0.15, 0.2) is 0 Å². The van der Waals surface area contributed by atoms with Crippen molar-refractivity contribution in [2.24, 2.45) is 0 Å². The Labute approximate surface area is 89.4 Å². The van der Waals surface area contributed by atoms with Crippen LogP contribution in [0.2, 0.25) is 25.7 Å². The average Bonchev–Trinajstić information content (AvgIpc) is 2.14. The zero-order valence-corrected chi connectivity index (χ0v) is 10.9. The molecule has 1 aromatic carbocycles. The van der Waals surface area contributed by atoms with Crippen LogP contribution in [0.4, 0.5) is 0 Å². The van der Waals surface area contributed by atoms with Crippen LogP contribution in [0.1, 0.15) is 18.1 Å². The lowest BCUT2D eigenvalue weighted by Gasteiger charge is -2.15. The molecule has 0 spiro atoms. The molecule has 1 aromatic rings. The summed E-state index contributed by atoms with van der Waals surface area (Å²) in [6.07, 6.45) is 2.41. The van der Waals surface area contributed by atoms with Crippen LogP contribution >= 0.6 is 0 Å². The Hall–Kier alpha value is -0.563. The van der Waals surface area contributed by atoms with E-state index in [9.17, 15) is 0 Å². The van der Waals surface area contributed by atoms with Crippen LogP contribution in [0.25, 0.3) is 0 Å². The van der Waals surface area contributed by atoms with Crippen LogP contribution in [-0.2, 0) is 12.8 Å². The zero-order chi connectivity index (χ0) is 10.6. The van der Waals surface area contributed by atoms with Gasteiger partial charge in [-0.25, -0.2) is 0 Å². The monoisotopic (exact) mass is 206 g/mol.